The molecule has 2 rings (SSSR count). The monoisotopic (exact) mass is 351 g/mol. The Morgan fingerprint density at radius 1 is 0.960 bits per heavy atom. The summed E-state index contributed by atoms with van der Waals surface area (Å²) in [5.41, 5.74) is 2.12. The zero-order valence-electron chi connectivity index (χ0n) is 13.6. The number of rotatable bonds is 8. The van der Waals surface area contributed by atoms with E-state index in [1.54, 1.807) is 0 Å². The first-order valence-electron chi connectivity index (χ1n) is 7.97. The Bertz CT molecular complexity index is 605. The van der Waals surface area contributed by atoms with E-state index in [0.717, 1.165) is 11.1 Å². The molecule has 3 nitrogen and oxygen atoms in total. The van der Waals surface area contributed by atoms with Crippen LogP contribution in [0, 0.1) is 0 Å². The third kappa shape index (κ3) is 6.97. The highest BCUT2D eigenvalue weighted by Crippen LogP contribution is 2.23. The summed E-state index contributed by atoms with van der Waals surface area (Å²) in [6.07, 6.45) is -4.48. The lowest BCUT2D eigenvalue weighted by Gasteiger charge is -2.19. The molecule has 1 N–H and O–H groups in total. The molecule has 1 amide bonds. The van der Waals surface area contributed by atoms with Gasteiger partial charge < -0.3 is 10.1 Å². The second kappa shape index (κ2) is 9.22. The van der Waals surface area contributed by atoms with E-state index in [1.807, 2.05) is 60.7 Å². The van der Waals surface area contributed by atoms with Gasteiger partial charge in [0.25, 0.3) is 0 Å². The minimum atomic E-state index is -4.37. The first-order chi connectivity index (χ1) is 12.0. The van der Waals surface area contributed by atoms with Crippen LogP contribution in [0.15, 0.2) is 60.7 Å². The van der Waals surface area contributed by atoms with E-state index in [1.165, 1.54) is 0 Å². The Morgan fingerprint density at radius 3 is 1.96 bits per heavy atom. The van der Waals surface area contributed by atoms with Crippen LogP contribution in [0.2, 0.25) is 0 Å². The number of halogens is 3. The van der Waals surface area contributed by atoms with E-state index in [2.05, 4.69) is 10.1 Å². The molecule has 134 valence electrons. The quantitative estimate of drug-likeness (QED) is 0.733. The van der Waals surface area contributed by atoms with Crippen LogP contribution in [0.5, 0.6) is 0 Å². The lowest BCUT2D eigenvalue weighted by Crippen LogP contribution is -2.30. The number of amides is 1. The highest BCUT2D eigenvalue weighted by Gasteiger charge is 2.27. The van der Waals surface area contributed by atoms with Gasteiger partial charge in [-0.3, -0.25) is 4.79 Å². The fraction of sp³-hybridized carbons (Fsp3) is 0.316. The van der Waals surface area contributed by atoms with Crippen molar-refractivity contribution in [2.45, 2.75) is 18.5 Å². The van der Waals surface area contributed by atoms with Crippen molar-refractivity contribution in [3.8, 4) is 0 Å². The molecule has 0 fully saturated rings. The molecule has 25 heavy (non-hydrogen) atoms. The van der Waals surface area contributed by atoms with E-state index < -0.39 is 12.8 Å². The normalized spacial score (nSPS) is 11.5. The summed E-state index contributed by atoms with van der Waals surface area (Å²) >= 11 is 0. The molecule has 0 saturated heterocycles. The molecule has 0 aromatic heterocycles. The Hall–Kier alpha value is -2.34. The van der Waals surface area contributed by atoms with Gasteiger partial charge in [-0.1, -0.05) is 60.7 Å². The first kappa shape index (κ1) is 19.0. The molecule has 0 aliphatic heterocycles. The predicted octanol–water partition coefficient (Wildman–Crippen LogP) is 3.90. The molecule has 2 aromatic rings. The van der Waals surface area contributed by atoms with E-state index in [0.29, 0.717) is 6.54 Å². The van der Waals surface area contributed by atoms with Crippen LogP contribution in [-0.4, -0.2) is 31.8 Å². The summed E-state index contributed by atoms with van der Waals surface area (Å²) in [5, 5.41) is 2.78. The van der Waals surface area contributed by atoms with Crippen molar-refractivity contribution in [1.29, 1.82) is 0 Å². The topological polar surface area (TPSA) is 38.3 Å². The molecule has 0 bridgehead atoms. The fourth-order valence-corrected chi connectivity index (χ4v) is 2.46. The van der Waals surface area contributed by atoms with Gasteiger partial charge in [0.1, 0.15) is 6.61 Å². The molecule has 0 aliphatic rings. The van der Waals surface area contributed by atoms with Gasteiger partial charge in [0.2, 0.25) is 5.91 Å². The van der Waals surface area contributed by atoms with Crippen LogP contribution < -0.4 is 5.32 Å². The minimum Gasteiger partial charge on any atom is -0.372 e. The molecule has 0 atom stereocenters. The molecule has 0 heterocycles. The predicted molar refractivity (Wildman–Crippen MR) is 89.2 cm³/mol. The van der Waals surface area contributed by atoms with Crippen molar-refractivity contribution < 1.29 is 22.7 Å². The van der Waals surface area contributed by atoms with E-state index in [9.17, 15) is 18.0 Å². The zero-order chi connectivity index (χ0) is 18.1. The summed E-state index contributed by atoms with van der Waals surface area (Å²) in [4.78, 5) is 11.9. The number of carbonyl (C=O) groups excluding carboxylic acids is 1. The van der Waals surface area contributed by atoms with Gasteiger partial charge >= 0.3 is 6.18 Å². The molecular weight excluding hydrogens is 331 g/mol. The maximum Gasteiger partial charge on any atom is 0.411 e. The van der Waals surface area contributed by atoms with E-state index >= 15 is 0 Å². The van der Waals surface area contributed by atoms with Gasteiger partial charge in [0, 0.05) is 18.9 Å². The third-order valence-electron chi connectivity index (χ3n) is 3.65. The highest BCUT2D eigenvalue weighted by atomic mass is 19.4. The van der Waals surface area contributed by atoms with Crippen molar-refractivity contribution in [1.82, 2.24) is 5.32 Å². The number of nitrogens with one attached hydrogen (secondary N) is 1. The van der Waals surface area contributed by atoms with Gasteiger partial charge in [-0.2, -0.15) is 13.2 Å². The van der Waals surface area contributed by atoms with Gasteiger partial charge in [-0.05, 0) is 11.1 Å². The maximum atomic E-state index is 12.0. The summed E-state index contributed by atoms with van der Waals surface area (Å²) in [5.74, 6) is -0.360. The van der Waals surface area contributed by atoms with Crippen LogP contribution >= 0.6 is 0 Å². The number of hydrogen-bond acceptors (Lipinski definition) is 2. The smallest absolute Gasteiger partial charge is 0.372 e. The van der Waals surface area contributed by atoms with Crippen LogP contribution in [0.25, 0.3) is 0 Å². The summed E-state index contributed by atoms with van der Waals surface area (Å²) in [6, 6.07) is 19.5. The molecule has 6 heteroatoms. The number of carbonyl (C=O) groups is 1. The third-order valence-corrected chi connectivity index (χ3v) is 3.65. The molecular formula is C19H20F3NO2. The van der Waals surface area contributed by atoms with Crippen LogP contribution in [0.1, 0.15) is 23.5 Å². The Labute approximate surface area is 144 Å². The molecule has 0 saturated carbocycles. The summed E-state index contributed by atoms with van der Waals surface area (Å²) < 4.78 is 40.4. The fourth-order valence-electron chi connectivity index (χ4n) is 2.46. The van der Waals surface area contributed by atoms with E-state index in [4.69, 9.17) is 0 Å². The van der Waals surface area contributed by atoms with Crippen molar-refractivity contribution in [3.05, 3.63) is 71.8 Å². The van der Waals surface area contributed by atoms with Crippen molar-refractivity contribution in [2.75, 3.05) is 19.8 Å². The standard InChI is InChI=1S/C19H20F3NO2/c20-19(21,22)14-25-12-11-18(24)23-13-17(15-7-3-1-4-8-15)16-9-5-2-6-10-16/h1-10,17H,11-14H2,(H,23,24). The van der Waals surface area contributed by atoms with Gasteiger partial charge in [-0.25, -0.2) is 0 Å². The van der Waals surface area contributed by atoms with Gasteiger partial charge in [0.15, 0.2) is 0 Å². The lowest BCUT2D eigenvalue weighted by atomic mass is 9.91. The van der Waals surface area contributed by atoms with E-state index in [-0.39, 0.29) is 24.9 Å². The summed E-state index contributed by atoms with van der Waals surface area (Å²) in [7, 11) is 0. The Kier molecular flexibility index (Phi) is 7.01. The summed E-state index contributed by atoms with van der Waals surface area (Å²) in [6.45, 7) is -1.23. The SMILES string of the molecule is O=C(CCOCC(F)(F)F)NCC(c1ccccc1)c1ccccc1. The largest absolute Gasteiger partial charge is 0.411 e. The van der Waals surface area contributed by atoms with Crippen molar-refractivity contribution in [2.24, 2.45) is 0 Å². The Balaban J connectivity index is 1.89. The lowest BCUT2D eigenvalue weighted by molar-refractivity contribution is -0.174. The number of benzene rings is 2. The molecule has 0 unspecified atom stereocenters. The van der Waals surface area contributed by atoms with Gasteiger partial charge in [0.05, 0.1) is 6.61 Å². The van der Waals surface area contributed by atoms with Crippen LogP contribution in [-0.2, 0) is 9.53 Å². The molecule has 0 spiro atoms. The second-order valence-electron chi connectivity index (χ2n) is 5.60. The van der Waals surface area contributed by atoms with Crippen molar-refractivity contribution in [3.63, 3.8) is 0 Å². The van der Waals surface area contributed by atoms with Crippen LogP contribution in [0.3, 0.4) is 0 Å². The Morgan fingerprint density at radius 2 is 1.48 bits per heavy atom. The number of alkyl halides is 3. The molecule has 2 aromatic carbocycles. The highest BCUT2D eigenvalue weighted by molar-refractivity contribution is 5.76. The molecule has 0 radical (unpaired) electrons. The van der Waals surface area contributed by atoms with Gasteiger partial charge in [-0.15, -0.1) is 0 Å². The van der Waals surface area contributed by atoms with Crippen molar-refractivity contribution >= 4 is 5.91 Å². The average molecular weight is 351 g/mol. The number of hydrogen-bond donors (Lipinski definition) is 1. The zero-order valence-corrected chi connectivity index (χ0v) is 13.6. The number of ether oxygens (including phenoxy) is 1. The minimum absolute atomic E-state index is 0.0255. The maximum absolute atomic E-state index is 12.0. The first-order valence-corrected chi connectivity index (χ1v) is 7.97. The van der Waals surface area contributed by atoms with Crippen LogP contribution in [0.4, 0.5) is 13.2 Å². The average Bonchev–Trinajstić information content (AvgIpc) is 2.60. The second-order valence-corrected chi connectivity index (χ2v) is 5.60. The molecule has 0 aliphatic carbocycles.